The zero-order chi connectivity index (χ0) is 20.1. The second-order valence-electron chi connectivity index (χ2n) is 5.87. The van der Waals surface area contributed by atoms with Gasteiger partial charge in [0.2, 0.25) is 5.88 Å². The molecule has 0 aliphatic rings. The highest BCUT2D eigenvalue weighted by molar-refractivity contribution is 5.79. The van der Waals surface area contributed by atoms with Gasteiger partial charge in [-0.3, -0.25) is 4.99 Å². The number of likely N-dealkylation sites (N-methyl/N-ethyl adjacent to an activating group) is 1. The van der Waals surface area contributed by atoms with E-state index in [0.29, 0.717) is 18.1 Å². The molecular weight excluding hydrogens is 363 g/mol. The van der Waals surface area contributed by atoms with Gasteiger partial charge in [-0.2, -0.15) is 13.2 Å². The highest BCUT2D eigenvalue weighted by Gasteiger charge is 2.29. The minimum absolute atomic E-state index is 0.0457. The number of ether oxygens (including phenoxy) is 2. The Kier molecular flexibility index (Phi) is 10.5. The Bertz CT molecular complexity index is 570. The first-order chi connectivity index (χ1) is 12.9. The van der Waals surface area contributed by atoms with Crippen LogP contribution in [0.2, 0.25) is 0 Å². The molecule has 27 heavy (non-hydrogen) atoms. The largest absolute Gasteiger partial charge is 0.468 e. The summed E-state index contributed by atoms with van der Waals surface area (Å²) < 4.78 is 46.8. The molecule has 10 heteroatoms. The lowest BCUT2D eigenvalue weighted by Crippen LogP contribution is -2.40. The summed E-state index contributed by atoms with van der Waals surface area (Å²) in [6.45, 7) is 2.01. The molecule has 0 spiro atoms. The van der Waals surface area contributed by atoms with Crippen molar-refractivity contribution in [2.24, 2.45) is 4.99 Å². The number of nitrogens with zero attached hydrogens (tertiary/aromatic N) is 3. The molecule has 0 amide bonds. The van der Waals surface area contributed by atoms with E-state index in [1.54, 1.807) is 26.3 Å². The Morgan fingerprint density at radius 3 is 2.74 bits per heavy atom. The molecule has 0 saturated heterocycles. The first-order valence-corrected chi connectivity index (χ1v) is 8.61. The lowest BCUT2D eigenvalue weighted by atomic mass is 10.2. The van der Waals surface area contributed by atoms with Crippen molar-refractivity contribution in [1.29, 1.82) is 0 Å². The number of nitrogens with one attached hydrogen (secondary N) is 2. The molecule has 154 valence electrons. The van der Waals surface area contributed by atoms with Crippen LogP contribution in [0.15, 0.2) is 23.3 Å². The average Bonchev–Trinajstić information content (AvgIpc) is 2.63. The van der Waals surface area contributed by atoms with Gasteiger partial charge < -0.3 is 25.0 Å². The van der Waals surface area contributed by atoms with E-state index in [9.17, 15) is 13.2 Å². The van der Waals surface area contributed by atoms with Crippen LogP contribution >= 0.6 is 0 Å². The fraction of sp³-hybridized carbons (Fsp3) is 0.647. The molecular formula is C17H28F3N5O2. The molecule has 0 aliphatic carbocycles. The van der Waals surface area contributed by atoms with Crippen molar-refractivity contribution in [3.63, 3.8) is 0 Å². The molecule has 1 aromatic rings. The third kappa shape index (κ3) is 10.6. The van der Waals surface area contributed by atoms with Gasteiger partial charge in [0.05, 0.1) is 0 Å². The molecule has 0 fully saturated rings. The van der Waals surface area contributed by atoms with Crippen LogP contribution in [0.5, 0.6) is 5.88 Å². The quantitative estimate of drug-likeness (QED) is 0.340. The van der Waals surface area contributed by atoms with Crippen LogP contribution in [0.4, 0.5) is 13.2 Å². The van der Waals surface area contributed by atoms with Crippen molar-refractivity contribution in [3.8, 4) is 5.88 Å². The number of guanidine groups is 1. The van der Waals surface area contributed by atoms with Crippen molar-refractivity contribution in [3.05, 3.63) is 23.9 Å². The highest BCUT2D eigenvalue weighted by atomic mass is 19.4. The number of aromatic nitrogens is 1. The molecule has 0 saturated carbocycles. The summed E-state index contributed by atoms with van der Waals surface area (Å²) in [5.74, 6) is 0.501. The van der Waals surface area contributed by atoms with Gasteiger partial charge in [-0.25, -0.2) is 4.98 Å². The highest BCUT2D eigenvalue weighted by Crippen LogP contribution is 2.19. The standard InChI is InChI=1S/C17H28F3N5O2/c1-21-16(23-8-10-25(2)9-5-11-26-3)24-12-14-6-4-7-22-15(14)27-13-17(18,19)20/h4,6-7H,5,8-13H2,1-3H3,(H2,21,23,24). The van der Waals surface area contributed by atoms with Gasteiger partial charge in [0.25, 0.3) is 0 Å². The monoisotopic (exact) mass is 391 g/mol. The van der Waals surface area contributed by atoms with Gasteiger partial charge in [0.15, 0.2) is 12.6 Å². The number of halogens is 3. The Hall–Kier alpha value is -2.07. The van der Waals surface area contributed by atoms with Crippen LogP contribution in [0.3, 0.4) is 0 Å². The van der Waals surface area contributed by atoms with E-state index >= 15 is 0 Å². The minimum atomic E-state index is -4.41. The first kappa shape index (κ1) is 23.0. The SMILES string of the molecule is CN=C(NCCN(C)CCCOC)NCc1cccnc1OCC(F)(F)F. The number of hydrogen-bond acceptors (Lipinski definition) is 5. The fourth-order valence-electron chi connectivity index (χ4n) is 2.19. The summed E-state index contributed by atoms with van der Waals surface area (Å²) in [6.07, 6.45) is -2.06. The van der Waals surface area contributed by atoms with Gasteiger partial charge in [-0.05, 0) is 19.5 Å². The second-order valence-corrected chi connectivity index (χ2v) is 5.87. The third-order valence-electron chi connectivity index (χ3n) is 3.57. The van der Waals surface area contributed by atoms with E-state index < -0.39 is 12.8 Å². The zero-order valence-corrected chi connectivity index (χ0v) is 16.0. The molecule has 1 rings (SSSR count). The molecule has 0 atom stereocenters. The van der Waals surface area contributed by atoms with E-state index in [1.165, 1.54) is 6.20 Å². The molecule has 1 aromatic heterocycles. The summed E-state index contributed by atoms with van der Waals surface area (Å²) >= 11 is 0. The Morgan fingerprint density at radius 1 is 1.30 bits per heavy atom. The zero-order valence-electron chi connectivity index (χ0n) is 16.0. The Labute approximate surface area is 158 Å². The maximum absolute atomic E-state index is 12.3. The molecule has 0 bridgehead atoms. The van der Waals surface area contributed by atoms with Crippen molar-refractivity contribution in [2.45, 2.75) is 19.1 Å². The van der Waals surface area contributed by atoms with Crippen LogP contribution in [-0.4, -0.2) is 76.1 Å². The van der Waals surface area contributed by atoms with Gasteiger partial charge in [-0.15, -0.1) is 0 Å². The normalized spacial score (nSPS) is 12.3. The predicted molar refractivity (Wildman–Crippen MR) is 98.0 cm³/mol. The van der Waals surface area contributed by atoms with Crippen molar-refractivity contribution in [2.75, 3.05) is 54.1 Å². The average molecular weight is 391 g/mol. The van der Waals surface area contributed by atoms with Crippen LogP contribution in [0, 0.1) is 0 Å². The van der Waals surface area contributed by atoms with E-state index in [1.807, 2.05) is 7.05 Å². The lowest BCUT2D eigenvalue weighted by Gasteiger charge is -2.18. The summed E-state index contributed by atoms with van der Waals surface area (Å²) in [5.41, 5.74) is 0.515. The first-order valence-electron chi connectivity index (χ1n) is 8.61. The molecule has 7 nitrogen and oxygen atoms in total. The summed E-state index contributed by atoms with van der Waals surface area (Å²) in [4.78, 5) is 10.1. The summed E-state index contributed by atoms with van der Waals surface area (Å²) in [7, 11) is 5.33. The van der Waals surface area contributed by atoms with Gasteiger partial charge >= 0.3 is 6.18 Å². The lowest BCUT2D eigenvalue weighted by molar-refractivity contribution is -0.154. The third-order valence-corrected chi connectivity index (χ3v) is 3.57. The van der Waals surface area contributed by atoms with Gasteiger partial charge in [-0.1, -0.05) is 6.07 Å². The van der Waals surface area contributed by atoms with E-state index in [4.69, 9.17) is 9.47 Å². The van der Waals surface area contributed by atoms with Crippen LogP contribution < -0.4 is 15.4 Å². The van der Waals surface area contributed by atoms with Crippen molar-refractivity contribution in [1.82, 2.24) is 20.5 Å². The minimum Gasteiger partial charge on any atom is -0.468 e. The molecule has 0 radical (unpaired) electrons. The molecule has 0 unspecified atom stereocenters. The Balaban J connectivity index is 2.42. The fourth-order valence-corrected chi connectivity index (χ4v) is 2.19. The smallest absolute Gasteiger partial charge is 0.422 e. The number of alkyl halides is 3. The number of rotatable bonds is 11. The maximum Gasteiger partial charge on any atom is 0.422 e. The molecule has 1 heterocycles. The predicted octanol–water partition coefficient (Wildman–Crippen LogP) is 1.66. The Morgan fingerprint density at radius 2 is 2.07 bits per heavy atom. The van der Waals surface area contributed by atoms with E-state index in [-0.39, 0.29) is 12.4 Å². The number of methoxy groups -OCH3 is 1. The van der Waals surface area contributed by atoms with Crippen molar-refractivity contribution < 1.29 is 22.6 Å². The number of hydrogen-bond donors (Lipinski definition) is 2. The number of aliphatic imine (C=N–C) groups is 1. The second kappa shape index (κ2) is 12.3. The maximum atomic E-state index is 12.3. The summed E-state index contributed by atoms with van der Waals surface area (Å²) in [5, 5.41) is 6.21. The van der Waals surface area contributed by atoms with Crippen LogP contribution in [0.25, 0.3) is 0 Å². The van der Waals surface area contributed by atoms with Crippen molar-refractivity contribution >= 4 is 5.96 Å². The number of pyridine rings is 1. The van der Waals surface area contributed by atoms with Crippen LogP contribution in [-0.2, 0) is 11.3 Å². The van der Waals surface area contributed by atoms with Gasteiger partial charge in [0.1, 0.15) is 0 Å². The van der Waals surface area contributed by atoms with E-state index in [0.717, 1.165) is 26.1 Å². The molecule has 2 N–H and O–H groups in total. The molecule has 0 aliphatic heterocycles. The summed E-state index contributed by atoms with van der Waals surface area (Å²) in [6, 6.07) is 3.30. The van der Waals surface area contributed by atoms with E-state index in [2.05, 4.69) is 25.5 Å². The topological polar surface area (TPSA) is 71.0 Å². The molecule has 0 aromatic carbocycles. The van der Waals surface area contributed by atoms with Gasteiger partial charge in [0, 0.05) is 58.7 Å². The van der Waals surface area contributed by atoms with Crippen LogP contribution in [0.1, 0.15) is 12.0 Å².